The van der Waals surface area contributed by atoms with Gasteiger partial charge in [0.15, 0.2) is 0 Å². The highest BCUT2D eigenvalue weighted by Crippen LogP contribution is 2.46. The number of allylic oxidation sites excluding steroid dienone is 3. The Morgan fingerprint density at radius 2 is 1.37 bits per heavy atom. The third-order valence-corrected chi connectivity index (χ3v) is 7.96. The predicted molar refractivity (Wildman–Crippen MR) is 178 cm³/mol. The third kappa shape index (κ3) is 11.7. The Labute approximate surface area is 254 Å². The van der Waals surface area contributed by atoms with E-state index in [1.54, 1.807) is 19.9 Å². The molecule has 0 aromatic heterocycles. The zero-order valence-electron chi connectivity index (χ0n) is 27.8. The van der Waals surface area contributed by atoms with Crippen molar-refractivity contribution >= 4 is 23.7 Å². The molecule has 2 aromatic rings. The molecule has 0 fully saturated rings. The fourth-order valence-corrected chi connectivity index (χ4v) is 6.49. The minimum atomic E-state index is -0.957. The number of hydrogen-bond donors (Lipinski definition) is 1. The van der Waals surface area contributed by atoms with Crippen LogP contribution in [0.2, 0.25) is 26.2 Å². The van der Waals surface area contributed by atoms with Gasteiger partial charge in [-0.15, -0.1) is 0 Å². The molecule has 0 aliphatic rings. The van der Waals surface area contributed by atoms with E-state index in [0.717, 1.165) is 28.0 Å². The van der Waals surface area contributed by atoms with Crippen LogP contribution in [0.4, 0.5) is 0 Å². The van der Waals surface area contributed by atoms with Crippen LogP contribution in [-0.2, 0) is 15.5 Å². The molecule has 2 unspecified atom stereocenters. The number of hydrogen-bond acceptors (Lipinski definition) is 4. The van der Waals surface area contributed by atoms with Crippen molar-refractivity contribution in [3.05, 3.63) is 82.9 Å². The van der Waals surface area contributed by atoms with Gasteiger partial charge in [-0.05, 0) is 104 Å². The van der Waals surface area contributed by atoms with Gasteiger partial charge in [-0.25, -0.2) is 0 Å². The van der Waals surface area contributed by atoms with Crippen molar-refractivity contribution in [3.8, 4) is 5.75 Å². The summed E-state index contributed by atoms with van der Waals surface area (Å²) in [5.74, 6) is 0.833. The van der Waals surface area contributed by atoms with E-state index in [1.807, 2.05) is 12.2 Å². The fraction of sp³-hybridized carbons (Fsp3) is 0.543. The Bertz CT molecular complexity index is 1180. The van der Waals surface area contributed by atoms with E-state index in [2.05, 4.69) is 117 Å². The molecule has 0 aliphatic heterocycles. The third-order valence-electron chi connectivity index (χ3n) is 6.54. The molecule has 4 nitrogen and oxygen atoms in total. The summed E-state index contributed by atoms with van der Waals surface area (Å²) in [5.41, 5.74) is 4.72. The molecule has 2 aromatic carbocycles. The zero-order chi connectivity index (χ0) is 31.2. The summed E-state index contributed by atoms with van der Waals surface area (Å²) in [6, 6.07) is 14.9. The molecule has 41 heavy (non-hydrogen) atoms. The van der Waals surface area contributed by atoms with Crippen LogP contribution in [0.25, 0.3) is 5.57 Å². The van der Waals surface area contributed by atoms with Crippen LogP contribution in [0, 0.1) is 10.8 Å². The number of ether oxygens (including phenoxy) is 1. The predicted octanol–water partition coefficient (Wildman–Crippen LogP) is 9.71. The molecule has 2 atom stereocenters. The molecule has 0 heterocycles. The van der Waals surface area contributed by atoms with E-state index in [4.69, 9.17) is 13.6 Å². The molecular weight excluding hydrogens is 541 g/mol. The van der Waals surface area contributed by atoms with Crippen LogP contribution in [0.5, 0.6) is 5.75 Å². The molecule has 0 saturated heterocycles. The lowest BCUT2D eigenvalue weighted by atomic mass is 9.77. The Balaban J connectivity index is 2.47. The summed E-state index contributed by atoms with van der Waals surface area (Å²) in [4.78, 5) is 0. The first-order chi connectivity index (χ1) is 18.8. The standard InChI is InChI=1S/C35H54O4Si2/c1-25(16-15-21-35(8,9)36)27-18-14-17-26(22-27)24-37-28-19-20-29(31(33(2,3)4)38-40(10)11)30(23-28)32(34(5,6)7)39-41(12)13/h14-23,31-32,36H,24H2,1-13H3. The van der Waals surface area contributed by atoms with E-state index >= 15 is 0 Å². The average molecular weight is 595 g/mol. The second-order valence-corrected chi connectivity index (χ2v) is 18.3. The second kappa shape index (κ2) is 14.5. The highest BCUT2D eigenvalue weighted by Gasteiger charge is 2.36. The van der Waals surface area contributed by atoms with Crippen molar-refractivity contribution in [1.82, 2.24) is 0 Å². The summed E-state index contributed by atoms with van der Waals surface area (Å²) in [7, 11) is -1.89. The Morgan fingerprint density at radius 3 is 1.88 bits per heavy atom. The summed E-state index contributed by atoms with van der Waals surface area (Å²) < 4.78 is 19.8. The van der Waals surface area contributed by atoms with Crippen LogP contribution < -0.4 is 4.74 Å². The maximum Gasteiger partial charge on any atom is 0.205 e. The topological polar surface area (TPSA) is 47.9 Å². The highest BCUT2D eigenvalue weighted by atomic mass is 28.3. The van der Waals surface area contributed by atoms with Crippen molar-refractivity contribution in [2.24, 2.45) is 10.8 Å². The number of aliphatic hydroxyl groups is 1. The Kier molecular flexibility index (Phi) is 12.4. The molecule has 0 bridgehead atoms. The van der Waals surface area contributed by atoms with Crippen molar-refractivity contribution in [2.45, 2.75) is 113 Å². The van der Waals surface area contributed by atoms with E-state index in [0.29, 0.717) is 6.61 Å². The van der Waals surface area contributed by atoms with Gasteiger partial charge < -0.3 is 18.7 Å². The molecule has 2 rings (SSSR count). The maximum atomic E-state index is 9.95. The van der Waals surface area contributed by atoms with Gasteiger partial charge in [0, 0.05) is 0 Å². The van der Waals surface area contributed by atoms with Crippen LogP contribution in [-0.4, -0.2) is 28.8 Å². The molecule has 1 N–H and O–H groups in total. The zero-order valence-corrected chi connectivity index (χ0v) is 29.8. The van der Waals surface area contributed by atoms with Gasteiger partial charge in [0.2, 0.25) is 18.1 Å². The molecule has 6 heteroatoms. The lowest BCUT2D eigenvalue weighted by molar-refractivity contribution is 0.0653. The maximum absolute atomic E-state index is 9.95. The van der Waals surface area contributed by atoms with Crippen LogP contribution >= 0.6 is 0 Å². The van der Waals surface area contributed by atoms with Crippen LogP contribution in [0.1, 0.15) is 96.8 Å². The normalized spacial score (nSPS) is 15.2. The Hall–Kier alpha value is -1.97. The van der Waals surface area contributed by atoms with Gasteiger partial charge in [0.1, 0.15) is 12.4 Å². The lowest BCUT2D eigenvalue weighted by Gasteiger charge is -2.39. The van der Waals surface area contributed by atoms with E-state index < -0.39 is 23.7 Å². The van der Waals surface area contributed by atoms with Gasteiger partial charge in [-0.1, -0.05) is 84.0 Å². The smallest absolute Gasteiger partial charge is 0.205 e. The lowest BCUT2D eigenvalue weighted by Crippen LogP contribution is -2.31. The first kappa shape index (κ1) is 35.2. The summed E-state index contributed by atoms with van der Waals surface area (Å²) >= 11 is 0. The molecule has 0 spiro atoms. The SMILES string of the molecule is CC(=CC=CC(C)(C)O)c1cccc(COc2ccc(C(O[Si](C)C)C(C)(C)C)c(C(O[Si](C)C)C(C)(C)C)c2)c1. The largest absolute Gasteiger partial charge is 0.489 e. The summed E-state index contributed by atoms with van der Waals surface area (Å²) in [5, 5.41) is 9.95. The van der Waals surface area contributed by atoms with Crippen LogP contribution in [0.3, 0.4) is 0 Å². The molecule has 0 saturated carbocycles. The Morgan fingerprint density at radius 1 is 0.805 bits per heavy atom. The van der Waals surface area contributed by atoms with Crippen molar-refractivity contribution in [3.63, 3.8) is 0 Å². The molecule has 226 valence electrons. The van der Waals surface area contributed by atoms with Crippen LogP contribution in [0.15, 0.2) is 60.7 Å². The summed E-state index contributed by atoms with van der Waals surface area (Å²) in [6.07, 6.45) is 5.61. The van der Waals surface area contributed by atoms with E-state index in [9.17, 15) is 5.11 Å². The molecular formula is C35H54O4Si2. The minimum Gasteiger partial charge on any atom is -0.489 e. The monoisotopic (exact) mass is 594 g/mol. The number of benzene rings is 2. The first-order valence-electron chi connectivity index (χ1n) is 14.7. The first-order valence-corrected chi connectivity index (χ1v) is 19.5. The van der Waals surface area contributed by atoms with Gasteiger partial charge in [0.25, 0.3) is 0 Å². The summed E-state index contributed by atoms with van der Waals surface area (Å²) in [6.45, 7) is 28.4. The fourth-order valence-electron chi connectivity index (χ4n) is 4.59. The van der Waals surface area contributed by atoms with Crippen molar-refractivity contribution in [2.75, 3.05) is 0 Å². The molecule has 0 aliphatic carbocycles. The van der Waals surface area contributed by atoms with Crippen molar-refractivity contribution in [1.29, 1.82) is 0 Å². The molecule has 2 radical (unpaired) electrons. The quantitative estimate of drug-likeness (QED) is 0.196. The van der Waals surface area contributed by atoms with Gasteiger partial charge in [-0.3, -0.25) is 0 Å². The van der Waals surface area contributed by atoms with Gasteiger partial charge in [-0.2, -0.15) is 0 Å². The van der Waals surface area contributed by atoms with Gasteiger partial charge in [0.05, 0.1) is 17.8 Å². The van der Waals surface area contributed by atoms with E-state index in [-0.39, 0.29) is 23.0 Å². The van der Waals surface area contributed by atoms with Gasteiger partial charge >= 0.3 is 0 Å². The highest BCUT2D eigenvalue weighted by molar-refractivity contribution is 6.48. The minimum absolute atomic E-state index is 0.0369. The molecule has 0 amide bonds. The average Bonchev–Trinajstić information content (AvgIpc) is 2.82. The second-order valence-electron chi connectivity index (χ2n) is 14.2. The number of rotatable bonds is 12. The van der Waals surface area contributed by atoms with Crippen molar-refractivity contribution < 1.29 is 18.7 Å². The van der Waals surface area contributed by atoms with E-state index in [1.165, 1.54) is 5.56 Å².